The molecule has 0 spiro atoms. The average molecular weight is 395 g/mol. The van der Waals surface area contributed by atoms with Crippen LogP contribution < -0.4 is 5.32 Å². The van der Waals surface area contributed by atoms with Gasteiger partial charge >= 0.3 is 0 Å². The van der Waals surface area contributed by atoms with Gasteiger partial charge < -0.3 is 5.32 Å². The van der Waals surface area contributed by atoms with E-state index in [2.05, 4.69) is 5.32 Å². The molecular formula is C19H19F2NO4S. The van der Waals surface area contributed by atoms with Gasteiger partial charge in [0.15, 0.2) is 0 Å². The minimum Gasteiger partial charge on any atom is -0.343 e. The zero-order valence-electron chi connectivity index (χ0n) is 14.8. The second-order valence-corrected chi connectivity index (χ2v) is 8.41. The molecule has 0 saturated heterocycles. The molecule has 0 aromatic heterocycles. The van der Waals surface area contributed by atoms with Gasteiger partial charge in [-0.15, -0.1) is 0 Å². The molecule has 0 bridgehead atoms. The van der Waals surface area contributed by atoms with Crippen LogP contribution in [0.15, 0.2) is 42.5 Å². The smallest absolute Gasteiger partial charge is 0.264 e. The van der Waals surface area contributed by atoms with Gasteiger partial charge in [-0.25, -0.2) is 8.78 Å². The van der Waals surface area contributed by atoms with Crippen LogP contribution in [0.3, 0.4) is 0 Å². The Hall–Kier alpha value is -2.32. The van der Waals surface area contributed by atoms with Crippen LogP contribution in [0.25, 0.3) is 0 Å². The molecule has 0 fully saturated rings. The van der Waals surface area contributed by atoms with Crippen molar-refractivity contribution in [2.24, 2.45) is 0 Å². The lowest BCUT2D eigenvalue weighted by molar-refractivity contribution is 0.0829. The van der Waals surface area contributed by atoms with Gasteiger partial charge in [-0.05, 0) is 29.7 Å². The molecule has 0 radical (unpaired) electrons. The Morgan fingerprint density at radius 3 is 2.41 bits per heavy atom. The molecule has 27 heavy (non-hydrogen) atoms. The first kappa shape index (κ1) is 19.4. The number of benzene rings is 2. The second kappa shape index (κ2) is 7.01. The standard InChI is InChI=1S/C19H19F2NO4S/c1-12-14-7-4-3-6-13(14)10-19(12,11-26-27(2,24)25)22-18(23)17-15(20)8-5-9-16(17)21/h3-9,12H,10-11H2,1-2H3,(H,22,23). The first-order chi connectivity index (χ1) is 12.6. The van der Waals surface area contributed by atoms with Crippen molar-refractivity contribution in [1.29, 1.82) is 0 Å². The first-order valence-electron chi connectivity index (χ1n) is 8.32. The van der Waals surface area contributed by atoms with Crippen molar-refractivity contribution in [2.75, 3.05) is 12.9 Å². The van der Waals surface area contributed by atoms with Crippen LogP contribution in [0.1, 0.15) is 34.3 Å². The van der Waals surface area contributed by atoms with Gasteiger partial charge in [0.1, 0.15) is 17.2 Å². The van der Waals surface area contributed by atoms with Crippen molar-refractivity contribution < 1.29 is 26.2 Å². The predicted molar refractivity (Wildman–Crippen MR) is 95.9 cm³/mol. The molecule has 8 heteroatoms. The van der Waals surface area contributed by atoms with Gasteiger partial charge in [0.2, 0.25) is 0 Å². The summed E-state index contributed by atoms with van der Waals surface area (Å²) in [7, 11) is -3.78. The molecule has 5 nitrogen and oxygen atoms in total. The lowest BCUT2D eigenvalue weighted by Crippen LogP contribution is -2.55. The highest BCUT2D eigenvalue weighted by Gasteiger charge is 2.46. The number of hydrogen-bond acceptors (Lipinski definition) is 4. The lowest BCUT2D eigenvalue weighted by Gasteiger charge is -2.34. The highest BCUT2D eigenvalue weighted by atomic mass is 32.2. The van der Waals surface area contributed by atoms with Gasteiger partial charge in [-0.2, -0.15) is 8.42 Å². The maximum absolute atomic E-state index is 14.0. The van der Waals surface area contributed by atoms with E-state index in [0.717, 1.165) is 35.6 Å². The van der Waals surface area contributed by atoms with Crippen LogP contribution in [0.5, 0.6) is 0 Å². The molecule has 0 saturated carbocycles. The number of carbonyl (C=O) groups is 1. The Morgan fingerprint density at radius 2 is 1.81 bits per heavy atom. The van der Waals surface area contributed by atoms with Crippen molar-refractivity contribution in [3.63, 3.8) is 0 Å². The molecule has 1 aliphatic rings. The Bertz CT molecular complexity index is 973. The summed E-state index contributed by atoms with van der Waals surface area (Å²) >= 11 is 0. The monoisotopic (exact) mass is 395 g/mol. The fourth-order valence-electron chi connectivity index (χ4n) is 3.49. The van der Waals surface area contributed by atoms with E-state index in [9.17, 15) is 22.0 Å². The molecule has 2 atom stereocenters. The third-order valence-corrected chi connectivity index (χ3v) is 5.49. The maximum atomic E-state index is 14.0. The van der Waals surface area contributed by atoms with Crippen LogP contribution in [0.2, 0.25) is 0 Å². The number of rotatable bonds is 5. The van der Waals surface area contributed by atoms with Crippen LogP contribution in [-0.4, -0.2) is 32.7 Å². The normalized spacial score (nSPS) is 21.7. The van der Waals surface area contributed by atoms with Crippen molar-refractivity contribution in [3.8, 4) is 0 Å². The van der Waals surface area contributed by atoms with E-state index >= 15 is 0 Å². The summed E-state index contributed by atoms with van der Waals surface area (Å²) < 4.78 is 56.0. The Kier molecular flexibility index (Phi) is 5.05. The van der Waals surface area contributed by atoms with Crippen molar-refractivity contribution in [2.45, 2.75) is 24.8 Å². The van der Waals surface area contributed by atoms with Crippen LogP contribution in [-0.2, 0) is 20.7 Å². The zero-order valence-corrected chi connectivity index (χ0v) is 15.6. The molecule has 2 unspecified atom stereocenters. The SMILES string of the molecule is CC1c2ccccc2CC1(COS(C)(=O)=O)NC(=O)c1c(F)cccc1F. The van der Waals surface area contributed by atoms with E-state index in [1.54, 1.807) is 0 Å². The molecule has 2 aromatic rings. The van der Waals surface area contributed by atoms with E-state index < -0.39 is 38.8 Å². The van der Waals surface area contributed by atoms with Crippen molar-refractivity contribution in [3.05, 3.63) is 70.8 Å². The van der Waals surface area contributed by atoms with Gasteiger partial charge in [0, 0.05) is 5.92 Å². The third-order valence-electron chi connectivity index (χ3n) is 4.94. The molecule has 144 valence electrons. The van der Waals surface area contributed by atoms with E-state index in [4.69, 9.17) is 4.18 Å². The minimum absolute atomic E-state index is 0.279. The molecule has 3 rings (SSSR count). The van der Waals surface area contributed by atoms with Gasteiger partial charge in [-0.3, -0.25) is 8.98 Å². The number of halogens is 2. The van der Waals surface area contributed by atoms with E-state index in [1.165, 1.54) is 0 Å². The quantitative estimate of drug-likeness (QED) is 0.791. The zero-order chi connectivity index (χ0) is 19.8. The first-order valence-corrected chi connectivity index (χ1v) is 10.1. The van der Waals surface area contributed by atoms with Crippen molar-refractivity contribution >= 4 is 16.0 Å². The molecule has 1 amide bonds. The number of hydrogen-bond donors (Lipinski definition) is 1. The summed E-state index contributed by atoms with van der Waals surface area (Å²) in [4.78, 5) is 12.7. The molecule has 0 aliphatic heterocycles. The van der Waals surface area contributed by atoms with Crippen LogP contribution >= 0.6 is 0 Å². The lowest BCUT2D eigenvalue weighted by atomic mass is 9.86. The summed E-state index contributed by atoms with van der Waals surface area (Å²) in [5.74, 6) is -3.26. The number of nitrogens with one attached hydrogen (secondary N) is 1. The average Bonchev–Trinajstić information content (AvgIpc) is 2.85. The van der Waals surface area contributed by atoms with Gasteiger partial charge in [-0.1, -0.05) is 37.3 Å². The third kappa shape index (κ3) is 3.86. The fraction of sp³-hybridized carbons (Fsp3) is 0.316. The van der Waals surface area contributed by atoms with Gasteiger partial charge in [0.25, 0.3) is 16.0 Å². The van der Waals surface area contributed by atoms with Crippen LogP contribution in [0.4, 0.5) is 8.78 Å². The number of fused-ring (bicyclic) bond motifs is 1. The summed E-state index contributed by atoms with van der Waals surface area (Å²) in [6.45, 7) is 1.47. The summed E-state index contributed by atoms with van der Waals surface area (Å²) in [5.41, 5.74) is -0.0295. The molecule has 1 aliphatic carbocycles. The summed E-state index contributed by atoms with van der Waals surface area (Å²) in [6.07, 6.45) is 1.19. The van der Waals surface area contributed by atoms with Crippen LogP contribution in [0, 0.1) is 11.6 Å². The molecular weight excluding hydrogens is 376 g/mol. The topological polar surface area (TPSA) is 72.5 Å². The maximum Gasteiger partial charge on any atom is 0.264 e. The molecule has 2 aromatic carbocycles. The number of carbonyl (C=O) groups excluding carboxylic acids is 1. The Balaban J connectivity index is 1.98. The fourth-order valence-corrected chi connectivity index (χ4v) is 3.91. The van der Waals surface area contributed by atoms with E-state index in [1.807, 2.05) is 31.2 Å². The summed E-state index contributed by atoms with van der Waals surface area (Å²) in [6, 6.07) is 10.5. The second-order valence-electron chi connectivity index (χ2n) is 6.77. The Labute approximate surface area is 156 Å². The van der Waals surface area contributed by atoms with E-state index in [0.29, 0.717) is 0 Å². The highest BCUT2D eigenvalue weighted by molar-refractivity contribution is 7.85. The minimum atomic E-state index is -3.78. The van der Waals surface area contributed by atoms with Gasteiger partial charge in [0.05, 0.1) is 18.4 Å². The predicted octanol–water partition coefficient (Wildman–Crippen LogP) is 2.77. The molecule has 1 N–H and O–H groups in total. The summed E-state index contributed by atoms with van der Waals surface area (Å²) in [5, 5.41) is 2.65. The highest BCUT2D eigenvalue weighted by Crippen LogP contribution is 2.41. The Morgan fingerprint density at radius 1 is 1.19 bits per heavy atom. The number of amides is 1. The van der Waals surface area contributed by atoms with E-state index in [-0.39, 0.29) is 18.9 Å². The molecule has 0 heterocycles. The van der Waals surface area contributed by atoms with Crippen molar-refractivity contribution in [1.82, 2.24) is 5.32 Å². The largest absolute Gasteiger partial charge is 0.343 e.